The van der Waals surface area contributed by atoms with E-state index in [2.05, 4.69) is 5.32 Å². The maximum atomic E-state index is 13.1. The van der Waals surface area contributed by atoms with E-state index in [9.17, 15) is 22.9 Å². The highest BCUT2D eigenvalue weighted by Gasteiger charge is 2.18. The van der Waals surface area contributed by atoms with E-state index in [0.717, 1.165) is 17.9 Å². The van der Waals surface area contributed by atoms with Crippen molar-refractivity contribution in [3.8, 4) is 0 Å². The molecule has 0 unspecified atom stereocenters. The van der Waals surface area contributed by atoms with Gasteiger partial charge in [0.1, 0.15) is 11.5 Å². The second-order valence-electron chi connectivity index (χ2n) is 5.01. The Hall–Kier alpha value is -2.48. The number of hydrogen-bond donors (Lipinski definition) is 1. The lowest BCUT2D eigenvalue weighted by Gasteiger charge is -2.08. The topological polar surface area (TPSA) is 89.3 Å². The summed E-state index contributed by atoms with van der Waals surface area (Å²) in [6.07, 6.45) is 1.46. The summed E-state index contributed by atoms with van der Waals surface area (Å²) >= 11 is 0. The van der Waals surface area contributed by atoms with Crippen LogP contribution in [0.25, 0.3) is 0 Å². The first kappa shape index (κ1) is 16.9. The predicted octanol–water partition coefficient (Wildman–Crippen LogP) is 2.79. The van der Waals surface area contributed by atoms with Gasteiger partial charge in [-0.1, -0.05) is 12.1 Å². The van der Waals surface area contributed by atoms with E-state index in [-0.39, 0.29) is 22.1 Å². The van der Waals surface area contributed by atoms with Gasteiger partial charge in [-0.15, -0.1) is 0 Å². The summed E-state index contributed by atoms with van der Waals surface area (Å²) in [6.45, 7) is 0.350. The summed E-state index contributed by atoms with van der Waals surface area (Å²) in [6, 6.07) is 9.78. The summed E-state index contributed by atoms with van der Waals surface area (Å²) in [5.41, 5.74) is 0.666. The van der Waals surface area contributed by atoms with Crippen molar-refractivity contribution in [1.29, 1.82) is 0 Å². The lowest BCUT2D eigenvalue weighted by molar-refractivity contribution is -0.384. The number of rotatable bonds is 6. The minimum absolute atomic E-state index is 0.111. The van der Waals surface area contributed by atoms with E-state index >= 15 is 0 Å². The zero-order chi connectivity index (χ0) is 17.0. The van der Waals surface area contributed by atoms with Gasteiger partial charge in [-0.2, -0.15) is 0 Å². The van der Waals surface area contributed by atoms with Crippen LogP contribution in [0.4, 0.5) is 15.8 Å². The Kier molecular flexibility index (Phi) is 4.95. The second kappa shape index (κ2) is 6.74. The van der Waals surface area contributed by atoms with E-state index in [1.165, 1.54) is 24.3 Å². The average molecular weight is 338 g/mol. The van der Waals surface area contributed by atoms with Gasteiger partial charge >= 0.3 is 0 Å². The maximum absolute atomic E-state index is 13.1. The van der Waals surface area contributed by atoms with Crippen molar-refractivity contribution in [2.75, 3.05) is 18.1 Å². The zero-order valence-corrected chi connectivity index (χ0v) is 13.1. The van der Waals surface area contributed by atoms with Gasteiger partial charge in [0.2, 0.25) is 0 Å². The highest BCUT2D eigenvalue weighted by atomic mass is 32.2. The fraction of sp³-hybridized carbons (Fsp3) is 0.200. The molecule has 0 fully saturated rings. The van der Waals surface area contributed by atoms with Crippen molar-refractivity contribution >= 4 is 21.2 Å². The van der Waals surface area contributed by atoms with Gasteiger partial charge in [0, 0.05) is 18.9 Å². The van der Waals surface area contributed by atoms with Crippen LogP contribution >= 0.6 is 0 Å². The Morgan fingerprint density at radius 1 is 1.22 bits per heavy atom. The molecule has 0 aromatic heterocycles. The molecule has 2 rings (SSSR count). The third kappa shape index (κ3) is 4.49. The number of nitro groups is 1. The quantitative estimate of drug-likeness (QED) is 0.646. The molecular weight excluding hydrogens is 323 g/mol. The molecule has 0 heterocycles. The van der Waals surface area contributed by atoms with E-state index in [1.807, 2.05) is 0 Å². The predicted molar refractivity (Wildman–Crippen MR) is 84.8 cm³/mol. The molecule has 23 heavy (non-hydrogen) atoms. The van der Waals surface area contributed by atoms with Crippen LogP contribution < -0.4 is 5.32 Å². The summed E-state index contributed by atoms with van der Waals surface area (Å²) < 4.78 is 36.0. The highest BCUT2D eigenvalue weighted by molar-refractivity contribution is 7.90. The van der Waals surface area contributed by atoms with Gasteiger partial charge in [0.15, 0.2) is 9.84 Å². The van der Waals surface area contributed by atoms with Crippen LogP contribution in [0.3, 0.4) is 0 Å². The molecule has 0 aliphatic heterocycles. The van der Waals surface area contributed by atoms with Crippen molar-refractivity contribution in [1.82, 2.24) is 0 Å². The van der Waals surface area contributed by atoms with Crippen LogP contribution in [0.5, 0.6) is 0 Å². The van der Waals surface area contributed by atoms with Crippen LogP contribution in [0.15, 0.2) is 47.4 Å². The second-order valence-corrected chi connectivity index (χ2v) is 7.03. The van der Waals surface area contributed by atoms with Crippen LogP contribution in [-0.4, -0.2) is 26.1 Å². The molecule has 0 aliphatic rings. The monoisotopic (exact) mass is 338 g/mol. The van der Waals surface area contributed by atoms with Crippen molar-refractivity contribution in [2.24, 2.45) is 0 Å². The molecule has 6 nitrogen and oxygen atoms in total. The Labute approximate surface area is 133 Å². The molecule has 0 saturated heterocycles. The molecule has 122 valence electrons. The van der Waals surface area contributed by atoms with Crippen molar-refractivity contribution in [3.05, 3.63) is 64.0 Å². The van der Waals surface area contributed by atoms with E-state index in [4.69, 9.17) is 0 Å². The molecule has 0 aliphatic carbocycles. The number of nitrogens with zero attached hydrogens (tertiary/aromatic N) is 1. The molecule has 0 spiro atoms. The Balaban J connectivity index is 2.15. The van der Waals surface area contributed by atoms with E-state index < -0.39 is 14.8 Å². The van der Waals surface area contributed by atoms with Gasteiger partial charge in [-0.3, -0.25) is 10.1 Å². The molecule has 0 amide bonds. The highest BCUT2D eigenvalue weighted by Crippen LogP contribution is 2.27. The van der Waals surface area contributed by atoms with Crippen molar-refractivity contribution in [3.63, 3.8) is 0 Å². The average Bonchev–Trinajstić information content (AvgIpc) is 2.46. The first-order valence-electron chi connectivity index (χ1n) is 6.74. The first-order chi connectivity index (χ1) is 10.8. The number of sulfone groups is 1. The largest absolute Gasteiger partial charge is 0.379 e. The zero-order valence-electron chi connectivity index (χ0n) is 12.3. The third-order valence-electron chi connectivity index (χ3n) is 3.21. The van der Waals surface area contributed by atoms with Crippen LogP contribution in [0.1, 0.15) is 5.56 Å². The molecule has 1 N–H and O–H groups in total. The normalized spacial score (nSPS) is 11.2. The lowest BCUT2D eigenvalue weighted by atomic mass is 10.1. The van der Waals surface area contributed by atoms with E-state index in [1.54, 1.807) is 12.1 Å². The van der Waals surface area contributed by atoms with Crippen LogP contribution in [0, 0.1) is 15.9 Å². The van der Waals surface area contributed by atoms with Crippen LogP contribution in [0.2, 0.25) is 0 Å². The van der Waals surface area contributed by atoms with Crippen molar-refractivity contribution in [2.45, 2.75) is 11.3 Å². The number of nitro benzene ring substituents is 1. The minimum Gasteiger partial charge on any atom is -0.379 e. The maximum Gasteiger partial charge on any atom is 0.293 e. The molecule has 8 heteroatoms. The number of anilines is 1. The Bertz CT molecular complexity index is 837. The van der Waals surface area contributed by atoms with Gasteiger partial charge in [0.25, 0.3) is 5.69 Å². The first-order valence-corrected chi connectivity index (χ1v) is 8.63. The third-order valence-corrected chi connectivity index (χ3v) is 4.32. The number of hydrogen-bond acceptors (Lipinski definition) is 5. The minimum atomic E-state index is -3.52. The molecule has 0 saturated carbocycles. The van der Waals surface area contributed by atoms with Gasteiger partial charge in [-0.25, -0.2) is 12.8 Å². The van der Waals surface area contributed by atoms with E-state index in [0.29, 0.717) is 13.0 Å². The molecule has 2 aromatic rings. The van der Waals surface area contributed by atoms with Gasteiger partial charge in [-0.05, 0) is 36.2 Å². The number of halogens is 1. The van der Waals surface area contributed by atoms with Crippen molar-refractivity contribution < 1.29 is 17.7 Å². The molecule has 0 bridgehead atoms. The lowest BCUT2D eigenvalue weighted by Crippen LogP contribution is -2.08. The van der Waals surface area contributed by atoms with Gasteiger partial charge in [0.05, 0.1) is 9.82 Å². The summed E-state index contributed by atoms with van der Waals surface area (Å²) in [5, 5.41) is 14.0. The standard InChI is InChI=1S/C15H15FN2O4S/c1-23(21,22)13-5-6-14(15(10-13)18(19)20)17-8-7-11-3-2-4-12(16)9-11/h2-6,9-10,17H,7-8H2,1H3. The summed E-state index contributed by atoms with van der Waals surface area (Å²) in [5.74, 6) is -0.342. The molecule has 2 aromatic carbocycles. The Morgan fingerprint density at radius 2 is 1.96 bits per heavy atom. The molecule has 0 radical (unpaired) electrons. The smallest absolute Gasteiger partial charge is 0.293 e. The molecular formula is C15H15FN2O4S. The summed E-state index contributed by atoms with van der Waals surface area (Å²) in [7, 11) is -3.52. The fourth-order valence-corrected chi connectivity index (χ4v) is 2.72. The molecule has 0 atom stereocenters. The SMILES string of the molecule is CS(=O)(=O)c1ccc(NCCc2cccc(F)c2)c([N+](=O)[O-])c1. The van der Waals surface area contributed by atoms with Crippen LogP contribution in [-0.2, 0) is 16.3 Å². The summed E-state index contributed by atoms with van der Waals surface area (Å²) in [4.78, 5) is 10.3. The Morgan fingerprint density at radius 3 is 2.57 bits per heavy atom. The van der Waals surface area contributed by atoms with Gasteiger partial charge < -0.3 is 5.32 Å². The fourth-order valence-electron chi connectivity index (χ4n) is 2.08. The number of nitrogens with one attached hydrogen (secondary N) is 1. The number of benzene rings is 2.